The Hall–Kier alpha value is -4.27. The van der Waals surface area contributed by atoms with Gasteiger partial charge in [0.25, 0.3) is 5.91 Å². The van der Waals surface area contributed by atoms with Crippen LogP contribution < -0.4 is 21.1 Å². The van der Waals surface area contributed by atoms with E-state index in [1.165, 1.54) is 18.7 Å². The van der Waals surface area contributed by atoms with Crippen molar-refractivity contribution in [1.82, 2.24) is 20.6 Å². The maximum atomic E-state index is 12.6. The average Bonchev–Trinajstić information content (AvgIpc) is 3.60. The zero-order valence-corrected chi connectivity index (χ0v) is 17.1. The molecule has 3 aromatic rings. The van der Waals surface area contributed by atoms with Crippen LogP contribution in [0.4, 0.5) is 0 Å². The van der Waals surface area contributed by atoms with Gasteiger partial charge >= 0.3 is 0 Å². The van der Waals surface area contributed by atoms with E-state index >= 15 is 0 Å². The Bertz CT molecular complexity index is 1140. The number of aromatic nitrogens is 2. The van der Waals surface area contributed by atoms with Crippen molar-refractivity contribution in [3.8, 4) is 11.5 Å². The highest BCUT2D eigenvalue weighted by atomic mass is 16.5. The molecule has 1 aliphatic carbocycles. The van der Waals surface area contributed by atoms with Crippen molar-refractivity contribution in [3.63, 3.8) is 0 Å². The molecule has 1 aliphatic rings. The predicted octanol–water partition coefficient (Wildman–Crippen LogP) is 1.95. The Morgan fingerprint density at radius 3 is 2.34 bits per heavy atom. The maximum Gasteiger partial charge on any atom is 0.255 e. The topological polar surface area (TPSA) is 136 Å². The quantitative estimate of drug-likeness (QED) is 0.499. The van der Waals surface area contributed by atoms with Gasteiger partial charge in [-0.1, -0.05) is 18.2 Å². The molecular formula is C23H21N5O4. The zero-order valence-electron chi connectivity index (χ0n) is 17.1. The fourth-order valence-electron chi connectivity index (χ4n) is 3.12. The maximum absolute atomic E-state index is 12.6. The Labute approximate surface area is 184 Å². The van der Waals surface area contributed by atoms with Gasteiger partial charge in [-0.3, -0.25) is 14.4 Å². The summed E-state index contributed by atoms with van der Waals surface area (Å²) in [6.07, 6.45) is 5.31. The van der Waals surface area contributed by atoms with E-state index in [9.17, 15) is 14.4 Å². The van der Waals surface area contributed by atoms with Gasteiger partial charge in [-0.25, -0.2) is 9.97 Å². The molecule has 4 rings (SSSR count). The molecule has 1 aromatic heterocycles. The van der Waals surface area contributed by atoms with Crippen LogP contribution in [-0.2, 0) is 11.3 Å². The molecule has 0 bridgehead atoms. The van der Waals surface area contributed by atoms with E-state index in [0.29, 0.717) is 42.0 Å². The Balaban J connectivity index is 1.31. The first kappa shape index (κ1) is 21.0. The highest BCUT2D eigenvalue weighted by Gasteiger charge is 2.51. The van der Waals surface area contributed by atoms with Gasteiger partial charge in [0.05, 0.1) is 5.56 Å². The highest BCUT2D eigenvalue weighted by Crippen LogP contribution is 2.36. The molecule has 0 aliphatic heterocycles. The third-order valence-electron chi connectivity index (χ3n) is 5.09. The van der Waals surface area contributed by atoms with Crippen LogP contribution >= 0.6 is 0 Å². The number of hydrogen-bond acceptors (Lipinski definition) is 6. The minimum atomic E-state index is -0.887. The first-order valence-corrected chi connectivity index (χ1v) is 9.98. The number of carbonyl (C=O) groups is 3. The van der Waals surface area contributed by atoms with Crippen molar-refractivity contribution in [2.75, 3.05) is 0 Å². The summed E-state index contributed by atoms with van der Waals surface area (Å²) >= 11 is 0. The van der Waals surface area contributed by atoms with Crippen LogP contribution in [0.5, 0.6) is 11.5 Å². The van der Waals surface area contributed by atoms with E-state index in [1.807, 2.05) is 12.1 Å². The lowest BCUT2D eigenvalue weighted by molar-refractivity contribution is -0.124. The Morgan fingerprint density at radius 2 is 1.69 bits per heavy atom. The van der Waals surface area contributed by atoms with Crippen molar-refractivity contribution < 1.29 is 19.1 Å². The summed E-state index contributed by atoms with van der Waals surface area (Å²) in [5.41, 5.74) is 5.94. The van der Waals surface area contributed by atoms with Crippen LogP contribution in [0.2, 0.25) is 0 Å². The van der Waals surface area contributed by atoms with E-state index < -0.39 is 11.4 Å². The van der Waals surface area contributed by atoms with Crippen molar-refractivity contribution in [2.45, 2.75) is 24.9 Å². The fraction of sp³-hybridized carbons (Fsp3) is 0.174. The zero-order chi connectivity index (χ0) is 22.6. The summed E-state index contributed by atoms with van der Waals surface area (Å²) in [6, 6.07) is 13.8. The molecule has 1 saturated carbocycles. The Morgan fingerprint density at radius 1 is 0.969 bits per heavy atom. The molecule has 1 fully saturated rings. The second-order valence-corrected chi connectivity index (χ2v) is 7.48. The lowest BCUT2D eigenvalue weighted by Crippen LogP contribution is -2.48. The van der Waals surface area contributed by atoms with Crippen LogP contribution in [0.1, 0.15) is 39.1 Å². The van der Waals surface area contributed by atoms with Crippen molar-refractivity contribution in [1.29, 1.82) is 0 Å². The predicted molar refractivity (Wildman–Crippen MR) is 115 cm³/mol. The number of carbonyl (C=O) groups excluding carboxylic acids is 3. The molecule has 3 amide bonds. The van der Waals surface area contributed by atoms with Gasteiger partial charge < -0.3 is 21.1 Å². The van der Waals surface area contributed by atoms with Gasteiger partial charge in [0.2, 0.25) is 11.8 Å². The van der Waals surface area contributed by atoms with Gasteiger partial charge in [0.15, 0.2) is 0 Å². The van der Waals surface area contributed by atoms with E-state index in [-0.39, 0.29) is 11.8 Å². The van der Waals surface area contributed by atoms with Gasteiger partial charge in [-0.05, 0) is 48.7 Å². The van der Waals surface area contributed by atoms with Crippen LogP contribution in [0.15, 0.2) is 67.3 Å². The number of ether oxygens (including phenoxy) is 1. The standard InChI is InChI=1S/C23H21N5O4/c24-20(29)16-2-1-3-19(10-16)32-18-6-4-15(5-7-18)11-27-22(31)23(8-9-23)28-21(30)17-12-25-14-26-13-17/h1-7,10,12-14H,8-9,11H2,(H2,24,29)(H,27,31)(H,28,30). The molecule has 32 heavy (non-hydrogen) atoms. The molecule has 1 heterocycles. The number of benzene rings is 2. The first-order chi connectivity index (χ1) is 15.4. The van der Waals surface area contributed by atoms with Crippen LogP contribution in [0.3, 0.4) is 0 Å². The van der Waals surface area contributed by atoms with Crippen molar-refractivity contribution in [2.24, 2.45) is 5.73 Å². The van der Waals surface area contributed by atoms with Crippen LogP contribution in [0, 0.1) is 0 Å². The molecule has 9 nitrogen and oxygen atoms in total. The molecule has 162 valence electrons. The summed E-state index contributed by atoms with van der Waals surface area (Å²) in [5, 5.41) is 5.66. The molecule has 4 N–H and O–H groups in total. The number of nitrogens with zero attached hydrogens (tertiary/aromatic N) is 2. The summed E-state index contributed by atoms with van der Waals surface area (Å²) < 4.78 is 5.75. The molecule has 0 saturated heterocycles. The fourth-order valence-corrected chi connectivity index (χ4v) is 3.12. The Kier molecular flexibility index (Phi) is 5.80. The smallest absolute Gasteiger partial charge is 0.255 e. The van der Waals surface area contributed by atoms with E-state index in [4.69, 9.17) is 10.5 Å². The number of hydrogen-bond donors (Lipinski definition) is 3. The van der Waals surface area contributed by atoms with Crippen LogP contribution in [0.25, 0.3) is 0 Å². The van der Waals surface area contributed by atoms with E-state index in [1.54, 1.807) is 36.4 Å². The van der Waals surface area contributed by atoms with Crippen LogP contribution in [-0.4, -0.2) is 33.2 Å². The largest absolute Gasteiger partial charge is 0.457 e. The van der Waals surface area contributed by atoms with Crippen molar-refractivity contribution >= 4 is 17.7 Å². The third-order valence-corrected chi connectivity index (χ3v) is 5.09. The summed E-state index contributed by atoms with van der Waals surface area (Å²) in [7, 11) is 0. The molecular weight excluding hydrogens is 410 g/mol. The first-order valence-electron chi connectivity index (χ1n) is 9.98. The lowest BCUT2D eigenvalue weighted by atomic mass is 10.2. The summed E-state index contributed by atoms with van der Waals surface area (Å²) in [4.78, 5) is 43.9. The summed E-state index contributed by atoms with van der Waals surface area (Å²) in [5.74, 6) is -0.0509. The normalized spacial score (nSPS) is 13.6. The van der Waals surface area contributed by atoms with Gasteiger partial charge in [-0.2, -0.15) is 0 Å². The molecule has 9 heteroatoms. The SMILES string of the molecule is NC(=O)c1cccc(Oc2ccc(CNC(=O)C3(NC(=O)c4cncnc4)CC3)cc2)c1. The molecule has 0 unspecified atom stereocenters. The van der Waals surface area contributed by atoms with Gasteiger partial charge in [0, 0.05) is 24.5 Å². The minimum absolute atomic E-state index is 0.230. The summed E-state index contributed by atoms with van der Waals surface area (Å²) in [6.45, 7) is 0.308. The van der Waals surface area contributed by atoms with E-state index in [2.05, 4.69) is 20.6 Å². The van der Waals surface area contributed by atoms with E-state index in [0.717, 1.165) is 5.56 Å². The second-order valence-electron chi connectivity index (χ2n) is 7.48. The molecule has 0 spiro atoms. The number of nitrogens with two attached hydrogens (primary N) is 1. The van der Waals surface area contributed by atoms with Gasteiger partial charge in [0.1, 0.15) is 23.4 Å². The number of nitrogens with one attached hydrogen (secondary N) is 2. The van der Waals surface area contributed by atoms with Gasteiger partial charge in [-0.15, -0.1) is 0 Å². The second kappa shape index (κ2) is 8.84. The monoisotopic (exact) mass is 431 g/mol. The molecule has 0 atom stereocenters. The molecule has 0 radical (unpaired) electrons. The lowest BCUT2D eigenvalue weighted by Gasteiger charge is -2.17. The minimum Gasteiger partial charge on any atom is -0.457 e. The number of rotatable bonds is 8. The average molecular weight is 431 g/mol. The highest BCUT2D eigenvalue weighted by molar-refractivity contribution is 6.00. The number of amides is 3. The van der Waals surface area contributed by atoms with Crippen molar-refractivity contribution in [3.05, 3.63) is 83.9 Å². The third kappa shape index (κ3) is 4.89. The number of primary amides is 1. The molecule has 2 aromatic carbocycles.